The van der Waals surface area contributed by atoms with E-state index in [1.54, 1.807) is 0 Å². The molecule has 0 aliphatic carbocycles. The Balaban J connectivity index is 1.26. The highest BCUT2D eigenvalue weighted by Gasteiger charge is 2.53. The van der Waals surface area contributed by atoms with Gasteiger partial charge in [-0.15, -0.1) is 0 Å². The van der Waals surface area contributed by atoms with Crippen LogP contribution in [0.2, 0.25) is 0 Å². The topological polar surface area (TPSA) is 72.5 Å². The Kier molecular flexibility index (Phi) is 9.21. The second kappa shape index (κ2) is 12.2. The first kappa shape index (κ1) is 27.2. The summed E-state index contributed by atoms with van der Waals surface area (Å²) in [4.78, 5) is 12.1. The third kappa shape index (κ3) is 5.64. The molecule has 3 saturated heterocycles. The van der Waals surface area contributed by atoms with E-state index < -0.39 is 44.8 Å². The van der Waals surface area contributed by atoms with Crippen LogP contribution in [0.3, 0.4) is 0 Å². The van der Waals surface area contributed by atoms with E-state index >= 15 is 0 Å². The molecule has 3 aliphatic heterocycles. The Hall–Kier alpha value is -0.400. The monoisotopic (exact) mass is 748 g/mol. The molecular weight excluding hydrogens is 729 g/mol. The Bertz CT molecular complexity index is 1030. The average Bonchev–Trinajstić information content (AvgIpc) is 3.67. The van der Waals surface area contributed by atoms with Crippen LogP contribution in [0.15, 0.2) is 36.4 Å². The zero-order chi connectivity index (χ0) is 25.2. The van der Waals surface area contributed by atoms with E-state index in [0.29, 0.717) is 0 Å². The molecule has 0 N–H and O–H groups in total. The summed E-state index contributed by atoms with van der Waals surface area (Å²) in [7, 11) is -1.11. The second-order valence-electron chi connectivity index (χ2n) is 8.69. The predicted octanol–water partition coefficient (Wildman–Crippen LogP) is 4.09. The van der Waals surface area contributed by atoms with E-state index in [0.717, 1.165) is 43.4 Å². The minimum Gasteiger partial charge on any atom is -0.424 e. The molecule has 13 heteroatoms. The molecule has 3 fully saturated rings. The van der Waals surface area contributed by atoms with Crippen molar-refractivity contribution in [3.63, 3.8) is 0 Å². The van der Waals surface area contributed by atoms with E-state index in [1.807, 2.05) is 12.1 Å². The average molecular weight is 752 g/mol. The molecule has 0 spiro atoms. The summed E-state index contributed by atoms with van der Waals surface area (Å²) >= 11 is 14.1. The van der Waals surface area contributed by atoms with Crippen LogP contribution in [0.5, 0.6) is 0 Å². The van der Waals surface area contributed by atoms with Gasteiger partial charge in [-0.1, -0.05) is 100 Å². The molecule has 3 aliphatic rings. The van der Waals surface area contributed by atoms with Crippen molar-refractivity contribution in [1.29, 1.82) is 0 Å². The number of benzene rings is 2. The molecule has 36 heavy (non-hydrogen) atoms. The summed E-state index contributed by atoms with van der Waals surface area (Å²) in [5.74, 6) is 0. The van der Waals surface area contributed by atoms with E-state index in [2.05, 4.69) is 88.0 Å². The van der Waals surface area contributed by atoms with Gasteiger partial charge in [0.15, 0.2) is 12.2 Å². The first-order valence-electron chi connectivity index (χ1n) is 11.4. The van der Waals surface area contributed by atoms with Crippen molar-refractivity contribution in [3.05, 3.63) is 58.7 Å². The lowest BCUT2D eigenvalue weighted by Crippen LogP contribution is -2.46. The van der Waals surface area contributed by atoms with Crippen LogP contribution < -0.4 is 10.9 Å². The number of cyclic esters (lactones) is 2. The lowest BCUT2D eigenvalue weighted by molar-refractivity contribution is -0.00430. The molecule has 3 heterocycles. The number of carbonyl (C=O) groups excluding carboxylic acids is 1. The number of halogens is 4. The molecular formula is C23H22B2Br4O7. The molecule has 0 saturated carbocycles. The van der Waals surface area contributed by atoms with Crippen molar-refractivity contribution >= 4 is 95.0 Å². The summed E-state index contributed by atoms with van der Waals surface area (Å²) < 4.78 is 35.3. The van der Waals surface area contributed by atoms with Gasteiger partial charge in [0.25, 0.3) is 0 Å². The maximum absolute atomic E-state index is 12.1. The minimum atomic E-state index is -0.740. The molecule has 2 aromatic carbocycles. The fourth-order valence-corrected chi connectivity index (χ4v) is 6.72. The second-order valence-corrected chi connectivity index (χ2v) is 10.9. The van der Waals surface area contributed by atoms with Crippen molar-refractivity contribution in [3.8, 4) is 0 Å². The molecule has 2 aromatic rings. The van der Waals surface area contributed by atoms with Gasteiger partial charge in [-0.05, 0) is 33.2 Å². The van der Waals surface area contributed by atoms with Crippen molar-refractivity contribution in [1.82, 2.24) is 0 Å². The molecule has 0 radical (unpaired) electrons. The molecule has 0 unspecified atom stereocenters. The van der Waals surface area contributed by atoms with Gasteiger partial charge in [-0.25, -0.2) is 4.79 Å². The fourth-order valence-electron chi connectivity index (χ4n) is 4.59. The number of hydrogen-bond acceptors (Lipinski definition) is 7. The Labute approximate surface area is 244 Å². The highest BCUT2D eigenvalue weighted by Crippen LogP contribution is 2.30. The van der Waals surface area contributed by atoms with Gasteiger partial charge in [0.2, 0.25) is 0 Å². The van der Waals surface area contributed by atoms with E-state index in [1.165, 1.54) is 11.1 Å². The summed E-state index contributed by atoms with van der Waals surface area (Å²) in [6.07, 6.45) is -3.05. The van der Waals surface area contributed by atoms with Gasteiger partial charge in [-0.3, -0.25) is 0 Å². The number of carbonyl (C=O) groups is 1. The van der Waals surface area contributed by atoms with Crippen LogP contribution in [0.1, 0.15) is 22.3 Å². The Morgan fingerprint density at radius 2 is 1.08 bits per heavy atom. The molecule has 5 rings (SSSR count). The van der Waals surface area contributed by atoms with Crippen LogP contribution in [-0.2, 0) is 49.4 Å². The zero-order valence-corrected chi connectivity index (χ0v) is 25.4. The lowest BCUT2D eigenvalue weighted by Gasteiger charge is -2.24. The van der Waals surface area contributed by atoms with Gasteiger partial charge in [0.1, 0.15) is 12.2 Å². The molecule has 7 nitrogen and oxygen atoms in total. The third-order valence-electron chi connectivity index (χ3n) is 6.52. The molecule has 0 amide bonds. The SMILES string of the molecule is O=C1O[C@H]([C@H]2COB(c3ccc(CBr)c(CBr)c3)O2)[C@@H]([C@H]2COB(c3ccc(CBr)c(CBr)c3)O2)O1. The maximum atomic E-state index is 12.1. The van der Waals surface area contributed by atoms with E-state index in [4.69, 9.17) is 28.1 Å². The molecule has 0 aromatic heterocycles. The van der Waals surface area contributed by atoms with Crippen molar-refractivity contribution in [2.24, 2.45) is 0 Å². The quantitative estimate of drug-likeness (QED) is 0.229. The van der Waals surface area contributed by atoms with Crippen LogP contribution >= 0.6 is 63.7 Å². The van der Waals surface area contributed by atoms with Crippen molar-refractivity contribution in [2.45, 2.75) is 45.7 Å². The molecule has 190 valence electrons. The summed E-state index contributed by atoms with van der Waals surface area (Å²) in [6.45, 7) is 0.540. The first-order valence-corrected chi connectivity index (χ1v) is 15.9. The number of rotatable bonds is 8. The highest BCUT2D eigenvalue weighted by atomic mass is 79.9. The largest absolute Gasteiger partial charge is 0.509 e. The molecule has 0 bridgehead atoms. The minimum absolute atomic E-state index is 0.270. The summed E-state index contributed by atoms with van der Waals surface area (Å²) in [5.41, 5.74) is 6.52. The van der Waals surface area contributed by atoms with Crippen LogP contribution in [0.25, 0.3) is 0 Å². The van der Waals surface area contributed by atoms with Crippen LogP contribution in [-0.4, -0.2) is 58.0 Å². The van der Waals surface area contributed by atoms with Crippen molar-refractivity contribution in [2.75, 3.05) is 13.2 Å². The first-order chi connectivity index (χ1) is 17.5. The third-order valence-corrected chi connectivity index (χ3v) is 8.94. The predicted molar refractivity (Wildman–Crippen MR) is 151 cm³/mol. The normalized spacial score (nSPS) is 25.9. The number of alkyl halides is 4. The Morgan fingerprint density at radius 1 is 0.667 bits per heavy atom. The van der Waals surface area contributed by atoms with Gasteiger partial charge in [0, 0.05) is 21.3 Å². The fraction of sp³-hybridized carbons (Fsp3) is 0.435. The standard InChI is InChI=1S/C23H22B2Br4O7/c26-7-13-1-3-17(5-15(13)9-28)24-31-11-19(35-24)21-22(34-23(30)33-21)20-12-32-25(36-20)18-4-2-14(8-27)16(6-18)10-29/h1-6,19-22H,7-12H2/t19-,20-,21-,22-/m1/s1. The number of hydrogen-bond donors (Lipinski definition) is 0. The maximum Gasteiger partial charge on any atom is 0.509 e. The summed E-state index contributed by atoms with van der Waals surface area (Å²) in [6, 6.07) is 12.2. The van der Waals surface area contributed by atoms with Gasteiger partial charge in [-0.2, -0.15) is 0 Å². The van der Waals surface area contributed by atoms with Crippen molar-refractivity contribution < 1.29 is 32.9 Å². The van der Waals surface area contributed by atoms with E-state index in [9.17, 15) is 4.79 Å². The zero-order valence-electron chi connectivity index (χ0n) is 19.0. The van der Waals surface area contributed by atoms with Gasteiger partial charge < -0.3 is 28.1 Å². The van der Waals surface area contributed by atoms with E-state index in [-0.39, 0.29) is 13.2 Å². The Morgan fingerprint density at radius 3 is 1.47 bits per heavy atom. The molecule has 4 atom stereocenters. The van der Waals surface area contributed by atoms with Crippen LogP contribution in [0, 0.1) is 0 Å². The lowest BCUT2D eigenvalue weighted by atomic mass is 9.78. The highest BCUT2D eigenvalue weighted by molar-refractivity contribution is 9.09. The smallest absolute Gasteiger partial charge is 0.424 e. The van der Waals surface area contributed by atoms with Gasteiger partial charge >= 0.3 is 20.4 Å². The summed E-state index contributed by atoms with van der Waals surface area (Å²) in [5, 5.41) is 2.99. The van der Waals surface area contributed by atoms with Crippen LogP contribution in [0.4, 0.5) is 4.79 Å². The van der Waals surface area contributed by atoms with Gasteiger partial charge in [0.05, 0.1) is 13.2 Å². The number of ether oxygens (including phenoxy) is 2.